The molecule has 1 saturated heterocycles. The van der Waals surface area contributed by atoms with Crippen LogP contribution in [0.3, 0.4) is 0 Å². The van der Waals surface area contributed by atoms with Gasteiger partial charge < -0.3 is 10.1 Å². The lowest BCUT2D eigenvalue weighted by atomic mass is 9.77. The number of nitrogens with one attached hydrogen (secondary N) is 1. The van der Waals surface area contributed by atoms with Crippen LogP contribution in [0.2, 0.25) is 0 Å². The lowest BCUT2D eigenvalue weighted by Crippen LogP contribution is -2.19. The first-order valence-corrected chi connectivity index (χ1v) is 11.5. The van der Waals surface area contributed by atoms with Crippen LogP contribution in [0.15, 0.2) is 23.6 Å². The third kappa shape index (κ3) is 6.67. The average Bonchev–Trinajstić information content (AvgIpc) is 3.12. The summed E-state index contributed by atoms with van der Waals surface area (Å²) in [5.74, 6) is 4.37. The van der Waals surface area contributed by atoms with Crippen molar-refractivity contribution in [3.63, 3.8) is 0 Å². The van der Waals surface area contributed by atoms with Crippen LogP contribution in [0.25, 0.3) is 0 Å². The van der Waals surface area contributed by atoms with Crippen LogP contribution < -0.4 is 5.32 Å². The normalized spacial score (nSPS) is 22.5. The van der Waals surface area contributed by atoms with Crippen molar-refractivity contribution in [3.8, 4) is 0 Å². The first-order chi connectivity index (χ1) is 12.7. The molecular weight excluding hydrogens is 318 g/mol. The van der Waals surface area contributed by atoms with Gasteiger partial charge in [-0.15, -0.1) is 0 Å². The smallest absolute Gasteiger partial charge is 0.159 e. The highest BCUT2D eigenvalue weighted by Gasteiger charge is 2.27. The minimum atomic E-state index is 0.647. The molecule has 1 aliphatic heterocycles. The summed E-state index contributed by atoms with van der Waals surface area (Å²) in [4.78, 5) is 0. The van der Waals surface area contributed by atoms with Crippen LogP contribution >= 0.6 is 0 Å². The molecule has 150 valence electrons. The van der Waals surface area contributed by atoms with Crippen molar-refractivity contribution >= 4 is 0 Å². The van der Waals surface area contributed by atoms with Crippen molar-refractivity contribution < 1.29 is 4.74 Å². The van der Waals surface area contributed by atoms with E-state index >= 15 is 0 Å². The van der Waals surface area contributed by atoms with Gasteiger partial charge in [-0.05, 0) is 42.6 Å². The lowest BCUT2D eigenvalue weighted by molar-refractivity contribution is 0.239. The molecule has 4 atom stereocenters. The molecule has 26 heavy (non-hydrogen) atoms. The van der Waals surface area contributed by atoms with E-state index < -0.39 is 0 Å². The summed E-state index contributed by atoms with van der Waals surface area (Å²) in [6.45, 7) is 10.2. The largest absolute Gasteiger partial charge is 0.471 e. The Kier molecular flexibility index (Phi) is 9.64. The number of allylic oxidation sites excluding steroid dienone is 2. The van der Waals surface area contributed by atoms with E-state index in [1.807, 2.05) is 0 Å². The molecular formula is C24H43NO. The zero-order valence-corrected chi connectivity index (χ0v) is 17.9. The van der Waals surface area contributed by atoms with Gasteiger partial charge in [-0.25, -0.2) is 0 Å². The molecule has 0 radical (unpaired) electrons. The summed E-state index contributed by atoms with van der Waals surface area (Å²) in [7, 11) is 0. The minimum absolute atomic E-state index is 0.647. The Labute approximate surface area is 162 Å². The first kappa shape index (κ1) is 21.4. The van der Waals surface area contributed by atoms with Crippen molar-refractivity contribution in [2.45, 2.75) is 98.3 Å². The van der Waals surface area contributed by atoms with Crippen molar-refractivity contribution in [1.82, 2.24) is 5.32 Å². The molecule has 0 spiro atoms. The molecule has 1 fully saturated rings. The Morgan fingerprint density at radius 3 is 2.65 bits per heavy atom. The van der Waals surface area contributed by atoms with Gasteiger partial charge in [0.15, 0.2) is 6.73 Å². The summed E-state index contributed by atoms with van der Waals surface area (Å²) < 4.78 is 5.72. The number of ether oxygens (including phenoxy) is 1. The van der Waals surface area contributed by atoms with Crippen LogP contribution in [0.1, 0.15) is 98.3 Å². The van der Waals surface area contributed by atoms with Crippen LogP contribution in [0, 0.1) is 23.7 Å². The maximum atomic E-state index is 5.72. The van der Waals surface area contributed by atoms with Gasteiger partial charge in [0.05, 0.1) is 5.70 Å². The molecule has 4 unspecified atom stereocenters. The third-order valence-electron chi connectivity index (χ3n) is 6.53. The molecule has 1 heterocycles. The van der Waals surface area contributed by atoms with Gasteiger partial charge >= 0.3 is 0 Å². The molecule has 0 aromatic heterocycles. The second kappa shape index (κ2) is 11.7. The monoisotopic (exact) mass is 361 g/mol. The van der Waals surface area contributed by atoms with Crippen LogP contribution in [-0.2, 0) is 4.74 Å². The molecule has 0 amide bonds. The number of hydrogen-bond donors (Lipinski definition) is 1. The second-order valence-corrected chi connectivity index (χ2v) is 8.75. The predicted octanol–water partition coefficient (Wildman–Crippen LogP) is 7.18. The van der Waals surface area contributed by atoms with Crippen molar-refractivity contribution in [2.24, 2.45) is 23.7 Å². The van der Waals surface area contributed by atoms with E-state index in [-0.39, 0.29) is 0 Å². The summed E-state index contributed by atoms with van der Waals surface area (Å²) in [6.07, 6.45) is 19.9. The number of hydrogen-bond acceptors (Lipinski definition) is 2. The van der Waals surface area contributed by atoms with Gasteiger partial charge in [0.2, 0.25) is 0 Å². The maximum Gasteiger partial charge on any atom is 0.159 e. The van der Waals surface area contributed by atoms with E-state index in [1.54, 1.807) is 0 Å². The van der Waals surface area contributed by atoms with Gasteiger partial charge in [0, 0.05) is 0 Å². The minimum Gasteiger partial charge on any atom is -0.471 e. The Morgan fingerprint density at radius 1 is 1.08 bits per heavy atom. The van der Waals surface area contributed by atoms with Gasteiger partial charge in [-0.3, -0.25) is 0 Å². The molecule has 1 N–H and O–H groups in total. The molecule has 2 aliphatic rings. The van der Waals surface area contributed by atoms with E-state index in [4.69, 9.17) is 4.74 Å². The zero-order chi connectivity index (χ0) is 18.8. The van der Waals surface area contributed by atoms with Gasteiger partial charge in [-0.2, -0.15) is 0 Å². The van der Waals surface area contributed by atoms with Crippen LogP contribution in [0.5, 0.6) is 0 Å². The standard InChI is InChI=1S/C24H43NO/c1-5-8-9-11-20(10-6-2)13-12-19(4)16-21(7-3)22-14-15-23-24(17-22)26-18-25-23/h15,17,19-22,25H,5-14,16,18H2,1-4H3. The van der Waals surface area contributed by atoms with Crippen LogP contribution in [-0.4, -0.2) is 6.73 Å². The van der Waals surface area contributed by atoms with Crippen LogP contribution in [0.4, 0.5) is 0 Å². The summed E-state index contributed by atoms with van der Waals surface area (Å²) in [5.41, 5.74) is 1.22. The predicted molar refractivity (Wildman–Crippen MR) is 113 cm³/mol. The molecule has 2 rings (SSSR count). The third-order valence-corrected chi connectivity index (χ3v) is 6.53. The van der Waals surface area contributed by atoms with Gasteiger partial charge in [0.1, 0.15) is 5.76 Å². The maximum absolute atomic E-state index is 5.72. The average molecular weight is 362 g/mol. The quantitative estimate of drug-likeness (QED) is 0.351. The van der Waals surface area contributed by atoms with E-state index in [9.17, 15) is 0 Å². The first-order valence-electron chi connectivity index (χ1n) is 11.5. The number of fused-ring (bicyclic) bond motifs is 1. The SMILES string of the molecule is CCCCCC(CCC)CCC(C)CC(CC)C1C=C2OCNC2=CC1. The molecule has 1 aliphatic carbocycles. The fourth-order valence-electron chi connectivity index (χ4n) is 4.84. The highest BCUT2D eigenvalue weighted by molar-refractivity contribution is 5.31. The second-order valence-electron chi connectivity index (χ2n) is 8.75. The number of rotatable bonds is 13. The van der Waals surface area contributed by atoms with E-state index in [0.29, 0.717) is 12.6 Å². The summed E-state index contributed by atoms with van der Waals surface area (Å²) in [5, 5.41) is 3.31. The van der Waals surface area contributed by atoms with E-state index in [2.05, 4.69) is 45.2 Å². The molecule has 2 heteroatoms. The Morgan fingerprint density at radius 2 is 1.92 bits per heavy atom. The summed E-state index contributed by atoms with van der Waals surface area (Å²) >= 11 is 0. The Bertz CT molecular complexity index is 453. The van der Waals surface area contributed by atoms with E-state index in [1.165, 1.54) is 76.3 Å². The van der Waals surface area contributed by atoms with Crippen molar-refractivity contribution in [1.29, 1.82) is 0 Å². The fourth-order valence-corrected chi connectivity index (χ4v) is 4.84. The zero-order valence-electron chi connectivity index (χ0n) is 17.9. The highest BCUT2D eigenvalue weighted by Crippen LogP contribution is 2.36. The highest BCUT2D eigenvalue weighted by atomic mass is 16.5. The van der Waals surface area contributed by atoms with Crippen molar-refractivity contribution in [3.05, 3.63) is 23.6 Å². The summed E-state index contributed by atoms with van der Waals surface area (Å²) in [6, 6.07) is 0. The molecule has 2 nitrogen and oxygen atoms in total. The Hall–Kier alpha value is -0.920. The van der Waals surface area contributed by atoms with Gasteiger partial charge in [-0.1, -0.05) is 91.6 Å². The lowest BCUT2D eigenvalue weighted by Gasteiger charge is -2.28. The molecule has 0 aromatic rings. The fraction of sp³-hybridized carbons (Fsp3) is 0.833. The number of unbranched alkanes of at least 4 members (excludes halogenated alkanes) is 2. The molecule has 0 saturated carbocycles. The topological polar surface area (TPSA) is 21.3 Å². The van der Waals surface area contributed by atoms with Crippen molar-refractivity contribution in [2.75, 3.05) is 6.73 Å². The van der Waals surface area contributed by atoms with E-state index in [0.717, 1.165) is 23.5 Å². The molecule has 0 aromatic carbocycles. The Balaban J connectivity index is 1.77. The molecule has 0 bridgehead atoms. The van der Waals surface area contributed by atoms with Gasteiger partial charge in [0.25, 0.3) is 0 Å².